The summed E-state index contributed by atoms with van der Waals surface area (Å²) >= 11 is 6.14. The number of ether oxygens (including phenoxy) is 3. The van der Waals surface area contributed by atoms with E-state index in [0.29, 0.717) is 43.3 Å². The zero-order chi connectivity index (χ0) is 20.9. The van der Waals surface area contributed by atoms with Crippen LogP contribution in [0.25, 0.3) is 10.9 Å². The predicted octanol–water partition coefficient (Wildman–Crippen LogP) is 3.33. The number of aromatic nitrogens is 2. The van der Waals surface area contributed by atoms with Gasteiger partial charge in [0.2, 0.25) is 5.28 Å². The standard InChI is InChI=1S/C20H21ClN4O5/c1-27-9-7-25-11-14(30-20(25)26)12-29-16-6-2-5-15-17(16)23-19(21)24-18(15)22-10-13-4-3-8-28-13/h2-6,8,14H,7,9-12H2,1H3,(H,22,23,24). The van der Waals surface area contributed by atoms with E-state index in [0.717, 1.165) is 11.1 Å². The second-order valence-electron chi connectivity index (χ2n) is 6.68. The maximum Gasteiger partial charge on any atom is 0.410 e. The predicted molar refractivity (Wildman–Crippen MR) is 110 cm³/mol. The summed E-state index contributed by atoms with van der Waals surface area (Å²) in [5.74, 6) is 1.88. The summed E-state index contributed by atoms with van der Waals surface area (Å²) in [6.45, 7) is 2.03. The number of fused-ring (bicyclic) bond motifs is 1. The average molecular weight is 433 g/mol. The Bertz CT molecular complexity index is 1010. The molecule has 3 aromatic rings. The molecule has 1 fully saturated rings. The van der Waals surface area contributed by atoms with Gasteiger partial charge in [-0.25, -0.2) is 14.8 Å². The van der Waals surface area contributed by atoms with Crippen molar-refractivity contribution in [2.24, 2.45) is 0 Å². The Morgan fingerprint density at radius 2 is 2.20 bits per heavy atom. The van der Waals surface area contributed by atoms with Gasteiger partial charge >= 0.3 is 6.09 Å². The Hall–Kier alpha value is -3.04. The highest BCUT2D eigenvalue weighted by Crippen LogP contribution is 2.30. The Morgan fingerprint density at radius 3 is 3.00 bits per heavy atom. The summed E-state index contributed by atoms with van der Waals surface area (Å²) in [7, 11) is 1.59. The molecule has 0 saturated carbocycles. The summed E-state index contributed by atoms with van der Waals surface area (Å²) in [6, 6.07) is 9.21. The number of benzene rings is 1. The van der Waals surface area contributed by atoms with Crippen molar-refractivity contribution in [3.05, 3.63) is 47.6 Å². The van der Waals surface area contributed by atoms with Gasteiger partial charge in [-0.2, -0.15) is 0 Å². The van der Waals surface area contributed by atoms with Crippen molar-refractivity contribution >= 4 is 34.4 Å². The number of methoxy groups -OCH3 is 1. The Kier molecular flexibility index (Phi) is 6.20. The van der Waals surface area contributed by atoms with Crippen LogP contribution in [0, 0.1) is 0 Å². The molecule has 1 unspecified atom stereocenters. The lowest BCUT2D eigenvalue weighted by molar-refractivity contribution is 0.102. The first kappa shape index (κ1) is 20.2. The van der Waals surface area contributed by atoms with E-state index >= 15 is 0 Å². The molecule has 1 aliphatic heterocycles. The van der Waals surface area contributed by atoms with Crippen LogP contribution in [0.1, 0.15) is 5.76 Å². The van der Waals surface area contributed by atoms with E-state index in [2.05, 4.69) is 15.3 Å². The highest BCUT2D eigenvalue weighted by atomic mass is 35.5. The largest absolute Gasteiger partial charge is 0.487 e. The molecule has 0 radical (unpaired) electrons. The normalized spacial score (nSPS) is 16.1. The minimum Gasteiger partial charge on any atom is -0.487 e. The van der Waals surface area contributed by atoms with Gasteiger partial charge in [0, 0.05) is 19.0 Å². The highest BCUT2D eigenvalue weighted by molar-refractivity contribution is 6.29. The fourth-order valence-corrected chi connectivity index (χ4v) is 3.33. The van der Waals surface area contributed by atoms with Crippen molar-refractivity contribution in [3.63, 3.8) is 0 Å². The number of hydrogen-bond donors (Lipinski definition) is 1. The van der Waals surface area contributed by atoms with Crippen molar-refractivity contribution in [3.8, 4) is 5.75 Å². The zero-order valence-corrected chi connectivity index (χ0v) is 17.1. The van der Waals surface area contributed by atoms with E-state index in [-0.39, 0.29) is 24.1 Å². The second-order valence-corrected chi connectivity index (χ2v) is 7.02. The monoisotopic (exact) mass is 432 g/mol. The van der Waals surface area contributed by atoms with Crippen molar-refractivity contribution in [1.29, 1.82) is 0 Å². The number of rotatable bonds is 9. The molecule has 1 amide bonds. The maximum atomic E-state index is 11.9. The van der Waals surface area contributed by atoms with Crippen LogP contribution in [0.3, 0.4) is 0 Å². The van der Waals surface area contributed by atoms with Crippen LogP contribution in [0.4, 0.5) is 10.6 Å². The second kappa shape index (κ2) is 9.19. The molecule has 0 bridgehead atoms. The van der Waals surface area contributed by atoms with E-state index in [9.17, 15) is 4.79 Å². The molecule has 0 spiro atoms. The van der Waals surface area contributed by atoms with Gasteiger partial charge in [-0.05, 0) is 35.9 Å². The van der Waals surface area contributed by atoms with E-state index < -0.39 is 0 Å². The summed E-state index contributed by atoms with van der Waals surface area (Å²) in [5, 5.41) is 4.07. The summed E-state index contributed by atoms with van der Waals surface area (Å²) in [4.78, 5) is 22.1. The number of hydrogen-bond acceptors (Lipinski definition) is 8. The fourth-order valence-electron chi connectivity index (χ4n) is 3.16. The Labute approximate surface area is 177 Å². The molecule has 3 heterocycles. The summed E-state index contributed by atoms with van der Waals surface area (Å²) in [5.41, 5.74) is 0.569. The lowest BCUT2D eigenvalue weighted by Crippen LogP contribution is -2.29. The third kappa shape index (κ3) is 4.58. The van der Waals surface area contributed by atoms with Crippen molar-refractivity contribution in [2.75, 3.05) is 38.7 Å². The molecular weight excluding hydrogens is 412 g/mol. The number of carbonyl (C=O) groups excluding carboxylic acids is 1. The minimum absolute atomic E-state index is 0.0959. The molecule has 1 atom stereocenters. The molecule has 30 heavy (non-hydrogen) atoms. The maximum absolute atomic E-state index is 11.9. The van der Waals surface area contributed by atoms with Crippen LogP contribution in [0.15, 0.2) is 41.0 Å². The van der Waals surface area contributed by atoms with Crippen LogP contribution >= 0.6 is 11.6 Å². The number of furan rings is 1. The van der Waals surface area contributed by atoms with Gasteiger partial charge in [0.25, 0.3) is 0 Å². The van der Waals surface area contributed by atoms with E-state index in [1.807, 2.05) is 24.3 Å². The van der Waals surface area contributed by atoms with Gasteiger partial charge in [-0.1, -0.05) is 6.07 Å². The quantitative estimate of drug-likeness (QED) is 0.514. The van der Waals surface area contributed by atoms with Crippen LogP contribution < -0.4 is 10.1 Å². The van der Waals surface area contributed by atoms with Crippen LogP contribution in [0.2, 0.25) is 5.28 Å². The number of amides is 1. The summed E-state index contributed by atoms with van der Waals surface area (Å²) < 4.78 is 21.6. The van der Waals surface area contributed by atoms with Crippen LogP contribution in [0.5, 0.6) is 5.75 Å². The molecule has 1 saturated heterocycles. The smallest absolute Gasteiger partial charge is 0.410 e. The third-order valence-corrected chi connectivity index (χ3v) is 4.78. The number of cyclic esters (lactones) is 1. The van der Waals surface area contributed by atoms with Gasteiger partial charge < -0.3 is 28.8 Å². The van der Waals surface area contributed by atoms with Crippen molar-refractivity contribution in [1.82, 2.24) is 14.9 Å². The number of anilines is 1. The van der Waals surface area contributed by atoms with E-state index in [1.54, 1.807) is 24.3 Å². The van der Waals surface area contributed by atoms with Crippen LogP contribution in [-0.2, 0) is 16.0 Å². The molecule has 1 N–H and O–H groups in total. The van der Waals surface area contributed by atoms with E-state index in [4.69, 9.17) is 30.2 Å². The number of nitrogens with zero attached hydrogens (tertiary/aromatic N) is 3. The first-order valence-corrected chi connectivity index (χ1v) is 9.81. The number of para-hydroxylation sites is 1. The lowest BCUT2D eigenvalue weighted by Gasteiger charge is -2.14. The minimum atomic E-state index is -0.376. The SMILES string of the molecule is COCCN1CC(COc2cccc3c(NCc4ccco4)nc(Cl)nc23)OC1=O. The molecule has 9 nitrogen and oxygen atoms in total. The molecule has 1 aliphatic rings. The first-order chi connectivity index (χ1) is 14.6. The van der Waals surface area contributed by atoms with Crippen molar-refractivity contribution in [2.45, 2.75) is 12.6 Å². The zero-order valence-electron chi connectivity index (χ0n) is 16.3. The number of nitrogens with one attached hydrogen (secondary N) is 1. The van der Waals surface area contributed by atoms with Gasteiger partial charge in [-0.15, -0.1) is 0 Å². The van der Waals surface area contributed by atoms with E-state index in [1.165, 1.54) is 0 Å². The number of carbonyl (C=O) groups is 1. The lowest BCUT2D eigenvalue weighted by atomic mass is 10.2. The fraction of sp³-hybridized carbons (Fsp3) is 0.350. The number of halogens is 1. The molecule has 2 aromatic heterocycles. The molecular formula is C20H21ClN4O5. The van der Waals surface area contributed by atoms with Gasteiger partial charge in [-0.3, -0.25) is 0 Å². The molecule has 1 aromatic carbocycles. The van der Waals surface area contributed by atoms with Gasteiger partial charge in [0.05, 0.1) is 26.0 Å². The van der Waals surface area contributed by atoms with Gasteiger partial charge in [0.1, 0.15) is 29.5 Å². The Balaban J connectivity index is 1.47. The van der Waals surface area contributed by atoms with Crippen molar-refractivity contribution < 1.29 is 23.4 Å². The topological polar surface area (TPSA) is 99.0 Å². The average Bonchev–Trinajstić information content (AvgIpc) is 3.38. The first-order valence-electron chi connectivity index (χ1n) is 9.44. The molecule has 4 rings (SSSR count). The highest BCUT2D eigenvalue weighted by Gasteiger charge is 2.31. The molecule has 10 heteroatoms. The summed E-state index contributed by atoms with van der Waals surface area (Å²) in [6.07, 6.45) is 0.868. The molecule has 0 aliphatic carbocycles. The third-order valence-electron chi connectivity index (χ3n) is 4.61. The van der Waals surface area contributed by atoms with Gasteiger partial charge in [0.15, 0.2) is 6.10 Å². The Morgan fingerprint density at radius 1 is 1.30 bits per heavy atom. The molecule has 158 valence electrons. The van der Waals surface area contributed by atoms with Crippen LogP contribution in [-0.4, -0.2) is 60.5 Å².